The summed E-state index contributed by atoms with van der Waals surface area (Å²) in [4.78, 5) is 16.6. The molecule has 1 aliphatic carbocycles. The van der Waals surface area contributed by atoms with E-state index in [2.05, 4.69) is 15.6 Å². The number of aromatic nitrogens is 1. The monoisotopic (exact) mass is 299 g/mol. The minimum Gasteiger partial charge on any atom is -0.388 e. The molecule has 1 aromatic heterocycles. The van der Waals surface area contributed by atoms with Gasteiger partial charge in [-0.2, -0.15) is 0 Å². The SMILES string of the molecule is Cc1ccc2cccc(NC(=O)NCC3(O)CCCC3)c2n1. The number of nitrogens with zero attached hydrogens (tertiary/aromatic N) is 1. The molecule has 0 unspecified atom stereocenters. The standard InChI is InChI=1S/C17H21N3O2/c1-12-7-8-13-5-4-6-14(15(13)19-12)20-16(21)18-11-17(22)9-2-3-10-17/h4-8,22H,2-3,9-11H2,1H3,(H2,18,20,21). The van der Waals surface area contributed by atoms with Crippen LogP contribution in [0.2, 0.25) is 0 Å². The lowest BCUT2D eigenvalue weighted by molar-refractivity contribution is 0.0506. The molecule has 2 amide bonds. The molecule has 1 aliphatic rings. The van der Waals surface area contributed by atoms with Gasteiger partial charge in [0.05, 0.1) is 16.8 Å². The van der Waals surface area contributed by atoms with Crippen LogP contribution >= 0.6 is 0 Å². The van der Waals surface area contributed by atoms with Crippen LogP contribution in [0.4, 0.5) is 10.5 Å². The third kappa shape index (κ3) is 3.20. The van der Waals surface area contributed by atoms with Gasteiger partial charge in [-0.3, -0.25) is 4.98 Å². The molecule has 1 aromatic carbocycles. The van der Waals surface area contributed by atoms with Gasteiger partial charge in [0.25, 0.3) is 0 Å². The van der Waals surface area contributed by atoms with Crippen LogP contribution in [0.25, 0.3) is 10.9 Å². The highest BCUT2D eigenvalue weighted by Crippen LogP contribution is 2.28. The maximum atomic E-state index is 12.1. The normalized spacial score (nSPS) is 16.6. The summed E-state index contributed by atoms with van der Waals surface area (Å²) in [6, 6.07) is 9.31. The number of anilines is 1. The number of nitrogens with one attached hydrogen (secondary N) is 2. The molecule has 0 aliphatic heterocycles. The van der Waals surface area contributed by atoms with Crippen LogP contribution in [0.3, 0.4) is 0 Å². The van der Waals surface area contributed by atoms with Gasteiger partial charge in [-0.1, -0.05) is 31.0 Å². The van der Waals surface area contributed by atoms with Crippen LogP contribution in [0.5, 0.6) is 0 Å². The summed E-state index contributed by atoms with van der Waals surface area (Å²) in [5, 5.41) is 16.8. The van der Waals surface area contributed by atoms with Gasteiger partial charge >= 0.3 is 6.03 Å². The highest BCUT2D eigenvalue weighted by molar-refractivity contribution is 5.99. The van der Waals surface area contributed by atoms with E-state index in [0.29, 0.717) is 5.69 Å². The van der Waals surface area contributed by atoms with E-state index in [1.165, 1.54) is 0 Å². The van der Waals surface area contributed by atoms with E-state index >= 15 is 0 Å². The molecule has 0 bridgehead atoms. The molecular weight excluding hydrogens is 278 g/mol. The fourth-order valence-electron chi connectivity index (χ4n) is 2.97. The van der Waals surface area contributed by atoms with Crippen molar-refractivity contribution in [2.45, 2.75) is 38.2 Å². The zero-order valence-corrected chi connectivity index (χ0v) is 12.7. The number of rotatable bonds is 3. The minimum absolute atomic E-state index is 0.288. The number of amides is 2. The van der Waals surface area contributed by atoms with Crippen molar-refractivity contribution in [3.05, 3.63) is 36.0 Å². The van der Waals surface area contributed by atoms with Crippen molar-refractivity contribution in [2.24, 2.45) is 0 Å². The van der Waals surface area contributed by atoms with Crippen LogP contribution < -0.4 is 10.6 Å². The molecule has 2 aromatic rings. The molecule has 1 fully saturated rings. The second-order valence-electron chi connectivity index (χ2n) is 6.07. The van der Waals surface area contributed by atoms with Crippen molar-refractivity contribution in [2.75, 3.05) is 11.9 Å². The van der Waals surface area contributed by atoms with E-state index in [0.717, 1.165) is 42.3 Å². The van der Waals surface area contributed by atoms with Crippen LogP contribution in [0, 0.1) is 6.92 Å². The fraction of sp³-hybridized carbons (Fsp3) is 0.412. The van der Waals surface area contributed by atoms with Gasteiger partial charge in [-0.15, -0.1) is 0 Å². The van der Waals surface area contributed by atoms with Crippen molar-refractivity contribution in [3.8, 4) is 0 Å². The van der Waals surface area contributed by atoms with Gasteiger partial charge in [-0.25, -0.2) is 4.79 Å². The molecule has 1 saturated carbocycles. The first-order valence-electron chi connectivity index (χ1n) is 7.69. The Hall–Kier alpha value is -2.14. The largest absolute Gasteiger partial charge is 0.388 e. The quantitative estimate of drug-likeness (QED) is 0.815. The number of urea groups is 1. The van der Waals surface area contributed by atoms with Crippen LogP contribution in [0.15, 0.2) is 30.3 Å². The molecule has 0 spiro atoms. The maximum absolute atomic E-state index is 12.1. The topological polar surface area (TPSA) is 74.2 Å². The van der Waals surface area contributed by atoms with Crippen molar-refractivity contribution in [1.82, 2.24) is 10.3 Å². The molecule has 22 heavy (non-hydrogen) atoms. The van der Waals surface area contributed by atoms with Crippen LogP contribution in [0.1, 0.15) is 31.4 Å². The number of pyridine rings is 1. The highest BCUT2D eigenvalue weighted by Gasteiger charge is 2.31. The third-order valence-electron chi connectivity index (χ3n) is 4.22. The molecule has 1 heterocycles. The molecule has 5 heteroatoms. The summed E-state index contributed by atoms with van der Waals surface area (Å²) in [6.45, 7) is 2.21. The van der Waals surface area contributed by atoms with E-state index < -0.39 is 5.60 Å². The summed E-state index contributed by atoms with van der Waals surface area (Å²) < 4.78 is 0. The number of para-hydroxylation sites is 1. The molecular formula is C17H21N3O2. The predicted octanol–water partition coefficient (Wildman–Crippen LogP) is 2.97. The average Bonchev–Trinajstić information content (AvgIpc) is 2.93. The summed E-state index contributed by atoms with van der Waals surface area (Å²) in [5.74, 6) is 0. The first-order valence-corrected chi connectivity index (χ1v) is 7.69. The van der Waals surface area contributed by atoms with Gasteiger partial charge in [0.1, 0.15) is 0 Å². The summed E-state index contributed by atoms with van der Waals surface area (Å²) >= 11 is 0. The zero-order chi connectivity index (χ0) is 15.6. The van der Waals surface area contributed by atoms with Gasteiger partial charge in [0, 0.05) is 17.6 Å². The second-order valence-corrected chi connectivity index (χ2v) is 6.07. The van der Waals surface area contributed by atoms with E-state index in [1.807, 2.05) is 37.3 Å². The molecule has 0 radical (unpaired) electrons. The van der Waals surface area contributed by atoms with Crippen molar-refractivity contribution >= 4 is 22.6 Å². The number of carbonyl (C=O) groups is 1. The predicted molar refractivity (Wildman–Crippen MR) is 86.9 cm³/mol. The smallest absolute Gasteiger partial charge is 0.319 e. The number of benzene rings is 1. The molecule has 0 atom stereocenters. The first kappa shape index (κ1) is 14.8. The summed E-state index contributed by atoms with van der Waals surface area (Å²) in [5.41, 5.74) is 1.61. The number of fused-ring (bicyclic) bond motifs is 1. The van der Waals surface area contributed by atoms with Gasteiger partial charge in [-0.05, 0) is 31.9 Å². The van der Waals surface area contributed by atoms with Crippen molar-refractivity contribution in [3.63, 3.8) is 0 Å². The fourth-order valence-corrected chi connectivity index (χ4v) is 2.97. The summed E-state index contributed by atoms with van der Waals surface area (Å²) in [6.07, 6.45) is 3.54. The Kier molecular flexibility index (Phi) is 3.98. The van der Waals surface area contributed by atoms with Gasteiger partial charge in [0.2, 0.25) is 0 Å². The molecule has 3 rings (SSSR count). The van der Waals surface area contributed by atoms with E-state index in [9.17, 15) is 9.90 Å². The molecule has 0 saturated heterocycles. The second kappa shape index (κ2) is 5.93. The lowest BCUT2D eigenvalue weighted by atomic mass is 10.0. The van der Waals surface area contributed by atoms with E-state index in [4.69, 9.17) is 0 Å². The maximum Gasteiger partial charge on any atom is 0.319 e. The lowest BCUT2D eigenvalue weighted by Gasteiger charge is -2.22. The summed E-state index contributed by atoms with van der Waals surface area (Å²) in [7, 11) is 0. The Morgan fingerprint density at radius 2 is 2.05 bits per heavy atom. The number of aryl methyl sites for hydroxylation is 1. The van der Waals surface area contributed by atoms with E-state index in [-0.39, 0.29) is 12.6 Å². The third-order valence-corrected chi connectivity index (χ3v) is 4.22. The Bertz CT molecular complexity index is 693. The van der Waals surface area contributed by atoms with Crippen LogP contribution in [-0.2, 0) is 0 Å². The van der Waals surface area contributed by atoms with Gasteiger partial charge < -0.3 is 15.7 Å². The average molecular weight is 299 g/mol. The molecule has 5 nitrogen and oxygen atoms in total. The Morgan fingerprint density at radius 3 is 2.82 bits per heavy atom. The Balaban J connectivity index is 1.70. The van der Waals surface area contributed by atoms with Crippen LogP contribution in [-0.4, -0.2) is 28.3 Å². The van der Waals surface area contributed by atoms with Gasteiger partial charge in [0.15, 0.2) is 0 Å². The van der Waals surface area contributed by atoms with Crippen molar-refractivity contribution < 1.29 is 9.90 Å². The first-order chi connectivity index (χ1) is 10.6. The molecule has 3 N–H and O–H groups in total. The van der Waals surface area contributed by atoms with Crippen molar-refractivity contribution in [1.29, 1.82) is 0 Å². The minimum atomic E-state index is -0.745. The van der Waals surface area contributed by atoms with E-state index in [1.54, 1.807) is 0 Å². The molecule has 116 valence electrons. The number of hydrogen-bond acceptors (Lipinski definition) is 3. The Labute approximate surface area is 129 Å². The number of carbonyl (C=O) groups excluding carboxylic acids is 1. The number of aliphatic hydroxyl groups is 1. The lowest BCUT2D eigenvalue weighted by Crippen LogP contribution is -2.42. The Morgan fingerprint density at radius 1 is 1.27 bits per heavy atom. The highest BCUT2D eigenvalue weighted by atomic mass is 16.3. The number of hydrogen-bond donors (Lipinski definition) is 3. The zero-order valence-electron chi connectivity index (χ0n) is 12.7.